The average Bonchev–Trinajstić information content (AvgIpc) is 2.27. The predicted molar refractivity (Wildman–Crippen MR) is 58.0 cm³/mol. The molecule has 0 aliphatic rings. The van der Waals surface area contributed by atoms with Crippen LogP contribution in [-0.2, 0) is 9.59 Å². The number of carboxylic acid groups (broad SMARTS) is 1. The van der Waals surface area contributed by atoms with Crippen molar-refractivity contribution in [3.63, 3.8) is 0 Å². The van der Waals surface area contributed by atoms with Crippen molar-refractivity contribution < 1.29 is 14.7 Å². The van der Waals surface area contributed by atoms with Gasteiger partial charge in [0.1, 0.15) is 6.04 Å². The normalized spacial score (nSPS) is 11.8. The van der Waals surface area contributed by atoms with Crippen molar-refractivity contribution in [3.8, 4) is 0 Å². The van der Waals surface area contributed by atoms with Crippen LogP contribution in [0.4, 0.5) is 0 Å². The van der Waals surface area contributed by atoms with E-state index in [0.29, 0.717) is 5.16 Å². The first-order valence-corrected chi connectivity index (χ1v) is 5.50. The Morgan fingerprint density at radius 2 is 2.12 bits per heavy atom. The minimum atomic E-state index is -1.06. The van der Waals surface area contributed by atoms with Crippen molar-refractivity contribution in [2.45, 2.75) is 18.1 Å². The number of carbonyl (C=O) groups excluding carboxylic acids is 1. The van der Waals surface area contributed by atoms with E-state index in [0.717, 1.165) is 11.8 Å². The summed E-state index contributed by atoms with van der Waals surface area (Å²) < 4.78 is 0. The third-order valence-electron chi connectivity index (χ3n) is 1.62. The fourth-order valence-electron chi connectivity index (χ4n) is 0.835. The van der Waals surface area contributed by atoms with Gasteiger partial charge in [-0.1, -0.05) is 11.8 Å². The number of carbonyl (C=O) groups is 2. The first kappa shape index (κ1) is 12.4. The van der Waals surface area contributed by atoms with Crippen LogP contribution in [-0.4, -0.2) is 38.7 Å². The Kier molecular flexibility index (Phi) is 4.71. The lowest BCUT2D eigenvalue weighted by atomic mass is 10.3. The molecule has 2 N–H and O–H groups in total. The monoisotopic (exact) mass is 241 g/mol. The van der Waals surface area contributed by atoms with Crippen molar-refractivity contribution in [2.75, 3.05) is 5.75 Å². The molecule has 86 valence electrons. The molecule has 1 rings (SSSR count). The molecule has 1 heterocycles. The first-order chi connectivity index (χ1) is 7.59. The number of hydrogen-bond donors (Lipinski definition) is 2. The van der Waals surface area contributed by atoms with Gasteiger partial charge in [0.25, 0.3) is 0 Å². The molecule has 0 radical (unpaired) electrons. The number of hydrogen-bond acceptors (Lipinski definition) is 5. The summed E-state index contributed by atoms with van der Waals surface area (Å²) in [5.41, 5.74) is 0. The number of thioether (sulfide) groups is 1. The minimum Gasteiger partial charge on any atom is -0.480 e. The van der Waals surface area contributed by atoms with Crippen LogP contribution < -0.4 is 5.32 Å². The van der Waals surface area contributed by atoms with E-state index in [1.165, 1.54) is 6.92 Å². The molecular weight excluding hydrogens is 230 g/mol. The number of rotatable bonds is 5. The third kappa shape index (κ3) is 4.26. The van der Waals surface area contributed by atoms with Gasteiger partial charge < -0.3 is 10.4 Å². The molecule has 0 saturated heterocycles. The fourth-order valence-corrected chi connectivity index (χ4v) is 1.45. The van der Waals surface area contributed by atoms with Gasteiger partial charge in [0.15, 0.2) is 5.16 Å². The van der Waals surface area contributed by atoms with Crippen LogP contribution in [0, 0.1) is 0 Å². The zero-order chi connectivity index (χ0) is 12.0. The largest absolute Gasteiger partial charge is 0.480 e. The first-order valence-electron chi connectivity index (χ1n) is 4.51. The summed E-state index contributed by atoms with van der Waals surface area (Å²) >= 11 is 1.16. The lowest BCUT2D eigenvalue weighted by Crippen LogP contribution is -2.39. The van der Waals surface area contributed by atoms with Gasteiger partial charge in [-0.15, -0.1) is 0 Å². The minimum absolute atomic E-state index is 0.0988. The highest BCUT2D eigenvalue weighted by Crippen LogP contribution is 2.09. The molecule has 1 aromatic rings. The number of nitrogens with zero attached hydrogens (tertiary/aromatic N) is 2. The van der Waals surface area contributed by atoms with Crippen molar-refractivity contribution in [1.82, 2.24) is 15.3 Å². The highest BCUT2D eigenvalue weighted by Gasteiger charge is 2.13. The molecule has 0 fully saturated rings. The molecule has 7 heteroatoms. The van der Waals surface area contributed by atoms with Crippen LogP contribution in [0.25, 0.3) is 0 Å². The number of nitrogens with one attached hydrogen (secondary N) is 1. The predicted octanol–water partition coefficient (Wildman–Crippen LogP) is 0.158. The van der Waals surface area contributed by atoms with Crippen LogP contribution in [0.5, 0.6) is 0 Å². The molecule has 1 aromatic heterocycles. The van der Waals surface area contributed by atoms with Gasteiger partial charge >= 0.3 is 5.97 Å². The second kappa shape index (κ2) is 6.06. The summed E-state index contributed by atoms with van der Waals surface area (Å²) in [4.78, 5) is 29.6. The second-order valence-electron chi connectivity index (χ2n) is 2.95. The molecule has 0 aliphatic carbocycles. The quantitative estimate of drug-likeness (QED) is 0.563. The molecular formula is C9H11N3O3S. The van der Waals surface area contributed by atoms with E-state index < -0.39 is 12.0 Å². The standard InChI is InChI=1S/C9H11N3O3S/c1-6(8(14)15)12-7(13)5-16-9-10-3-2-4-11-9/h2-4,6H,5H2,1H3,(H,12,13)(H,14,15). The second-order valence-corrected chi connectivity index (χ2v) is 3.89. The molecule has 1 amide bonds. The van der Waals surface area contributed by atoms with Gasteiger partial charge in [0.05, 0.1) is 5.75 Å². The molecule has 6 nitrogen and oxygen atoms in total. The Hall–Kier alpha value is -1.63. The zero-order valence-electron chi connectivity index (χ0n) is 8.58. The van der Waals surface area contributed by atoms with Gasteiger partial charge in [0.2, 0.25) is 5.91 Å². The third-order valence-corrected chi connectivity index (χ3v) is 2.50. The summed E-state index contributed by atoms with van der Waals surface area (Å²) in [5, 5.41) is 11.4. The lowest BCUT2D eigenvalue weighted by Gasteiger charge is -2.08. The molecule has 0 aliphatic heterocycles. The molecule has 0 saturated carbocycles. The van der Waals surface area contributed by atoms with Gasteiger partial charge in [-0.2, -0.15) is 0 Å². The highest BCUT2D eigenvalue weighted by molar-refractivity contribution is 7.99. The van der Waals surface area contributed by atoms with E-state index in [1.807, 2.05) is 0 Å². The number of aromatic nitrogens is 2. The molecule has 0 aromatic carbocycles. The average molecular weight is 241 g/mol. The Morgan fingerprint density at radius 1 is 1.50 bits per heavy atom. The van der Waals surface area contributed by atoms with E-state index in [-0.39, 0.29) is 11.7 Å². The van der Waals surface area contributed by atoms with E-state index in [2.05, 4.69) is 15.3 Å². The summed E-state index contributed by atoms with van der Waals surface area (Å²) in [6, 6.07) is 0.793. The van der Waals surface area contributed by atoms with Gasteiger partial charge in [-0.25, -0.2) is 9.97 Å². The Labute approximate surface area is 96.5 Å². The van der Waals surface area contributed by atoms with Crippen LogP contribution in [0.2, 0.25) is 0 Å². The smallest absolute Gasteiger partial charge is 0.325 e. The van der Waals surface area contributed by atoms with E-state index >= 15 is 0 Å². The topological polar surface area (TPSA) is 92.2 Å². The van der Waals surface area contributed by atoms with Crippen molar-refractivity contribution in [1.29, 1.82) is 0 Å². The summed E-state index contributed by atoms with van der Waals surface area (Å²) in [7, 11) is 0. The zero-order valence-corrected chi connectivity index (χ0v) is 9.40. The Balaban J connectivity index is 2.33. The van der Waals surface area contributed by atoms with Crippen LogP contribution in [0.15, 0.2) is 23.6 Å². The fraction of sp³-hybridized carbons (Fsp3) is 0.333. The summed E-state index contributed by atoms with van der Waals surface area (Å²) in [6.07, 6.45) is 3.15. The number of carboxylic acids is 1. The van der Waals surface area contributed by atoms with Crippen LogP contribution in [0.1, 0.15) is 6.92 Å². The SMILES string of the molecule is CC(NC(=O)CSc1ncccn1)C(=O)O. The molecule has 1 unspecified atom stereocenters. The van der Waals surface area contributed by atoms with E-state index in [4.69, 9.17) is 5.11 Å². The maximum Gasteiger partial charge on any atom is 0.325 e. The van der Waals surface area contributed by atoms with E-state index in [1.54, 1.807) is 18.5 Å². The van der Waals surface area contributed by atoms with Crippen molar-refractivity contribution in [3.05, 3.63) is 18.5 Å². The van der Waals surface area contributed by atoms with Gasteiger partial charge in [0, 0.05) is 12.4 Å². The lowest BCUT2D eigenvalue weighted by molar-refractivity contribution is -0.140. The maximum absolute atomic E-state index is 11.3. The highest BCUT2D eigenvalue weighted by atomic mass is 32.2. The summed E-state index contributed by atoms with van der Waals surface area (Å²) in [5.74, 6) is -1.32. The number of aliphatic carboxylic acids is 1. The van der Waals surface area contributed by atoms with Gasteiger partial charge in [-0.05, 0) is 13.0 Å². The van der Waals surface area contributed by atoms with E-state index in [9.17, 15) is 9.59 Å². The maximum atomic E-state index is 11.3. The van der Waals surface area contributed by atoms with Crippen LogP contribution in [0.3, 0.4) is 0 Å². The Morgan fingerprint density at radius 3 is 2.69 bits per heavy atom. The Bertz CT molecular complexity index is 372. The summed E-state index contributed by atoms with van der Waals surface area (Å²) in [6.45, 7) is 1.41. The molecule has 0 spiro atoms. The van der Waals surface area contributed by atoms with Crippen molar-refractivity contribution >= 4 is 23.6 Å². The molecule has 0 bridgehead atoms. The van der Waals surface area contributed by atoms with Crippen molar-refractivity contribution in [2.24, 2.45) is 0 Å². The molecule has 1 atom stereocenters. The van der Waals surface area contributed by atoms with Gasteiger partial charge in [-0.3, -0.25) is 9.59 Å². The number of amides is 1. The molecule has 16 heavy (non-hydrogen) atoms. The van der Waals surface area contributed by atoms with Crippen LogP contribution >= 0.6 is 11.8 Å².